The number of aliphatic hydroxyl groups excluding tert-OH is 1. The molecule has 38 heavy (non-hydrogen) atoms. The number of fused-ring (bicyclic) bond motifs is 1. The minimum atomic E-state index is -4.28. The van der Waals surface area contributed by atoms with E-state index in [0.717, 1.165) is 13.3 Å². The normalized spacial score (nSPS) is 26.7. The van der Waals surface area contributed by atoms with Gasteiger partial charge in [0.2, 0.25) is 0 Å². The molecular weight excluding hydrogens is 522 g/mol. The summed E-state index contributed by atoms with van der Waals surface area (Å²) in [5.74, 6) is -0.319. The minimum Gasteiger partial charge on any atom is -0.462 e. The Bertz CT molecular complexity index is 1300. The molecule has 0 bridgehead atoms. The summed E-state index contributed by atoms with van der Waals surface area (Å²) < 4.78 is 52.8. The van der Waals surface area contributed by atoms with Gasteiger partial charge in [-0.1, -0.05) is 18.2 Å². The molecule has 206 valence electrons. The maximum atomic E-state index is 15.8. The molecule has 4 rings (SSSR count). The third kappa shape index (κ3) is 5.87. The summed E-state index contributed by atoms with van der Waals surface area (Å²) in [6, 6.07) is 7.01. The van der Waals surface area contributed by atoms with E-state index >= 15 is 4.39 Å². The van der Waals surface area contributed by atoms with Gasteiger partial charge >= 0.3 is 13.7 Å². The van der Waals surface area contributed by atoms with Crippen LogP contribution in [0.15, 0.2) is 46.4 Å². The monoisotopic (exact) mass is 552 g/mol. The van der Waals surface area contributed by atoms with Crippen LogP contribution in [0, 0.1) is 0 Å². The summed E-state index contributed by atoms with van der Waals surface area (Å²) in [5, 5.41) is 13.3. The Balaban J connectivity index is 1.54. The second kappa shape index (κ2) is 11.0. The van der Waals surface area contributed by atoms with Gasteiger partial charge in [-0.2, -0.15) is 10.1 Å². The minimum absolute atomic E-state index is 0.182. The van der Waals surface area contributed by atoms with Crippen LogP contribution in [-0.4, -0.2) is 63.5 Å². The number of para-hydroxylation sites is 1. The number of rotatable bonds is 10. The summed E-state index contributed by atoms with van der Waals surface area (Å²) in [4.78, 5) is 32.3. The van der Waals surface area contributed by atoms with Gasteiger partial charge in [-0.15, -0.1) is 0 Å². The molecule has 1 aromatic heterocycles. The highest BCUT2D eigenvalue weighted by molar-refractivity contribution is 7.52. The summed E-state index contributed by atoms with van der Waals surface area (Å²) in [7, 11) is -4.28. The zero-order valence-electron chi connectivity index (χ0n) is 21.3. The lowest BCUT2D eigenvalue weighted by molar-refractivity contribution is -0.149. The Morgan fingerprint density at radius 2 is 2.05 bits per heavy atom. The highest BCUT2D eigenvalue weighted by Crippen LogP contribution is 2.48. The summed E-state index contributed by atoms with van der Waals surface area (Å²) >= 11 is 0. The molecule has 0 spiro atoms. The van der Waals surface area contributed by atoms with Crippen molar-refractivity contribution in [3.63, 3.8) is 0 Å². The lowest BCUT2D eigenvalue weighted by Gasteiger charge is -2.26. The summed E-state index contributed by atoms with van der Waals surface area (Å²) in [5.41, 5.74) is -2.56. The Morgan fingerprint density at radius 1 is 1.34 bits per heavy atom. The van der Waals surface area contributed by atoms with Gasteiger partial charge in [-0.25, -0.2) is 13.9 Å². The topological polar surface area (TPSA) is 151 Å². The number of aliphatic hydroxyl groups is 1. The van der Waals surface area contributed by atoms with Crippen LogP contribution >= 0.6 is 7.75 Å². The van der Waals surface area contributed by atoms with E-state index < -0.39 is 62.1 Å². The predicted octanol–water partition coefficient (Wildman–Crippen LogP) is 2.62. The smallest absolute Gasteiger partial charge is 0.459 e. The Morgan fingerprint density at radius 3 is 2.74 bits per heavy atom. The van der Waals surface area contributed by atoms with Crippen molar-refractivity contribution in [1.29, 1.82) is 0 Å². The van der Waals surface area contributed by atoms with E-state index in [-0.39, 0.29) is 23.6 Å². The van der Waals surface area contributed by atoms with Gasteiger partial charge in [0.25, 0.3) is 5.56 Å². The van der Waals surface area contributed by atoms with Crippen molar-refractivity contribution in [3.8, 4) is 5.75 Å². The maximum Gasteiger partial charge on any atom is 0.459 e. The van der Waals surface area contributed by atoms with Gasteiger partial charge in [-0.3, -0.25) is 18.7 Å². The van der Waals surface area contributed by atoms with Crippen molar-refractivity contribution in [2.24, 2.45) is 4.99 Å². The quantitative estimate of drug-likeness (QED) is 0.333. The number of nitrogens with one attached hydrogen (secondary N) is 1. The number of halogens is 1. The number of aliphatic imine (C=N–C) groups is 1. The van der Waals surface area contributed by atoms with E-state index in [1.807, 2.05) is 0 Å². The zero-order valence-corrected chi connectivity index (χ0v) is 22.2. The number of ether oxygens (including phenoxy) is 2. The maximum absolute atomic E-state index is 15.8. The van der Waals surface area contributed by atoms with E-state index in [2.05, 4.69) is 15.1 Å². The molecule has 2 aliphatic rings. The molecule has 1 fully saturated rings. The lowest BCUT2D eigenvalue weighted by atomic mass is 9.98. The number of carbonyl (C=O) groups is 1. The second-order valence-electron chi connectivity index (χ2n) is 9.43. The largest absolute Gasteiger partial charge is 0.462 e. The molecule has 1 saturated heterocycles. The van der Waals surface area contributed by atoms with E-state index in [1.165, 1.54) is 29.8 Å². The number of carbonyl (C=O) groups excluding carboxylic acids is 1. The van der Waals surface area contributed by atoms with Crippen LogP contribution in [0.25, 0.3) is 0 Å². The highest BCUT2D eigenvalue weighted by atomic mass is 31.2. The fraction of sp³-hybridized carbons (Fsp3) is 0.500. The van der Waals surface area contributed by atoms with Crippen molar-refractivity contribution in [2.75, 3.05) is 6.61 Å². The molecule has 14 heteroatoms. The highest BCUT2D eigenvalue weighted by Gasteiger charge is 2.56. The number of aromatic nitrogens is 2. The third-order valence-electron chi connectivity index (χ3n) is 5.99. The Hall–Kier alpha value is -2.96. The molecule has 0 unspecified atom stereocenters. The van der Waals surface area contributed by atoms with Crippen molar-refractivity contribution in [1.82, 2.24) is 14.6 Å². The van der Waals surface area contributed by atoms with Crippen LogP contribution < -0.4 is 15.2 Å². The average Bonchev–Trinajstić information content (AvgIpc) is 3.43. The Labute approximate surface area is 218 Å². The zero-order chi connectivity index (χ0) is 27.7. The number of hydrogen-bond acceptors (Lipinski definition) is 10. The van der Waals surface area contributed by atoms with Crippen molar-refractivity contribution in [3.05, 3.63) is 52.6 Å². The third-order valence-corrected chi connectivity index (χ3v) is 7.63. The molecule has 12 nitrogen and oxygen atoms in total. The summed E-state index contributed by atoms with van der Waals surface area (Å²) in [6.07, 6.45) is -1.99. The standard InChI is InChI=1S/C24H30FN4O8P/c1-14(2)35-22(32)15(3)28-38(33,37-16-8-6-5-7-9-16)34-12-18-19(30)24(4,25)23(36-18)29-13-27-21(31)17-10-11-26-20(17)29/h5-9,11,13-15,18-19,23,30H,10,12H2,1-4H3,(H,28,33)/t15-,18+,19+,23+,24+,38+/m0/s1. The number of alkyl halides is 1. The Kier molecular flexibility index (Phi) is 8.15. The summed E-state index contributed by atoms with van der Waals surface area (Å²) in [6.45, 7) is 5.33. The molecule has 2 aromatic rings. The first kappa shape index (κ1) is 28.1. The van der Waals surface area contributed by atoms with Crippen molar-refractivity contribution < 1.29 is 37.4 Å². The first-order chi connectivity index (χ1) is 17.9. The number of benzene rings is 1. The molecule has 3 heterocycles. The fourth-order valence-corrected chi connectivity index (χ4v) is 5.58. The van der Waals surface area contributed by atoms with Crippen LogP contribution in [0.5, 0.6) is 5.75 Å². The predicted molar refractivity (Wildman–Crippen MR) is 134 cm³/mol. The first-order valence-electron chi connectivity index (χ1n) is 12.0. The average molecular weight is 552 g/mol. The van der Waals surface area contributed by atoms with Gasteiger partial charge in [0.15, 0.2) is 11.9 Å². The van der Waals surface area contributed by atoms with Crippen LogP contribution in [0.1, 0.15) is 39.5 Å². The van der Waals surface area contributed by atoms with Gasteiger partial charge in [0.05, 0.1) is 18.3 Å². The second-order valence-corrected chi connectivity index (χ2v) is 11.1. The van der Waals surface area contributed by atoms with Gasteiger partial charge in [-0.05, 0) is 39.8 Å². The van der Waals surface area contributed by atoms with Crippen LogP contribution in [0.2, 0.25) is 0 Å². The van der Waals surface area contributed by atoms with E-state index in [9.17, 15) is 19.3 Å². The SMILES string of the molecule is CC(C)OC(=O)[C@H](C)N[P@@](=O)(OC[C@H]1O[C@@H](n2cnc(=O)c3c2N=CC3)[C@](C)(F)[C@@H]1O)Oc1ccccc1. The molecule has 0 aliphatic carbocycles. The molecule has 0 radical (unpaired) electrons. The van der Waals surface area contributed by atoms with E-state index in [0.29, 0.717) is 0 Å². The van der Waals surface area contributed by atoms with Crippen molar-refractivity contribution in [2.45, 2.75) is 70.4 Å². The fourth-order valence-electron chi connectivity index (χ4n) is 4.07. The van der Waals surface area contributed by atoms with Crippen LogP contribution in [0.3, 0.4) is 0 Å². The van der Waals surface area contributed by atoms with E-state index in [1.54, 1.807) is 32.0 Å². The van der Waals surface area contributed by atoms with Crippen molar-refractivity contribution >= 4 is 25.7 Å². The number of esters is 1. The van der Waals surface area contributed by atoms with Gasteiger partial charge in [0, 0.05) is 12.6 Å². The first-order valence-corrected chi connectivity index (χ1v) is 13.6. The van der Waals surface area contributed by atoms with Crippen LogP contribution in [0.4, 0.5) is 10.2 Å². The molecule has 0 amide bonds. The number of hydrogen-bond donors (Lipinski definition) is 2. The van der Waals surface area contributed by atoms with Crippen LogP contribution in [-0.2, 0) is 29.8 Å². The molecule has 0 saturated carbocycles. The molecule has 2 N–H and O–H groups in total. The molecule has 2 aliphatic heterocycles. The molecule has 6 atom stereocenters. The van der Waals surface area contributed by atoms with E-state index in [4.69, 9.17) is 18.5 Å². The van der Waals surface area contributed by atoms with Gasteiger partial charge < -0.3 is 19.1 Å². The number of nitrogens with zero attached hydrogens (tertiary/aromatic N) is 3. The lowest BCUT2D eigenvalue weighted by Crippen LogP contribution is -2.41. The molecule has 1 aromatic carbocycles. The van der Waals surface area contributed by atoms with Gasteiger partial charge in [0.1, 0.15) is 36.1 Å². The molecular formula is C24H30FN4O8P.